The molecule has 0 spiro atoms. The average molecular weight is 288 g/mol. The number of nitriles is 1. The second-order valence-electron chi connectivity index (χ2n) is 5.72. The summed E-state index contributed by atoms with van der Waals surface area (Å²) in [6, 6.07) is 10.6. The van der Waals surface area contributed by atoms with E-state index in [1.54, 1.807) is 0 Å². The summed E-state index contributed by atoms with van der Waals surface area (Å²) in [4.78, 5) is 0. The van der Waals surface area contributed by atoms with E-state index in [0.717, 1.165) is 24.3 Å². The molecule has 1 N–H and O–H groups in total. The van der Waals surface area contributed by atoms with E-state index in [-0.39, 0.29) is 0 Å². The Morgan fingerprint density at radius 1 is 1.24 bits per heavy atom. The van der Waals surface area contributed by atoms with Crippen molar-refractivity contribution in [1.82, 2.24) is 5.32 Å². The highest BCUT2D eigenvalue weighted by Crippen LogP contribution is 2.24. The Morgan fingerprint density at radius 2 is 1.86 bits per heavy atom. The minimum atomic E-state index is -0.427. The quantitative estimate of drug-likeness (QED) is 0.709. The fourth-order valence-corrected chi connectivity index (χ4v) is 2.25. The van der Waals surface area contributed by atoms with Crippen LogP contribution in [0.1, 0.15) is 39.5 Å². The molecule has 2 rings (SSSR count). The van der Waals surface area contributed by atoms with Gasteiger partial charge in [0.25, 0.3) is 0 Å². The normalized spacial score (nSPS) is 16.8. The van der Waals surface area contributed by atoms with Crippen LogP contribution in [0.15, 0.2) is 24.3 Å². The van der Waals surface area contributed by atoms with Gasteiger partial charge in [0.15, 0.2) is 0 Å². The predicted molar refractivity (Wildman–Crippen MR) is 82.5 cm³/mol. The Bertz CT molecular complexity index is 477. The van der Waals surface area contributed by atoms with Gasteiger partial charge in [0, 0.05) is 6.04 Å². The molecule has 1 unspecified atom stereocenters. The van der Waals surface area contributed by atoms with Gasteiger partial charge in [-0.15, -0.1) is 0 Å². The molecule has 114 valence electrons. The number of ether oxygens (including phenoxy) is 2. The van der Waals surface area contributed by atoms with Gasteiger partial charge < -0.3 is 9.47 Å². The summed E-state index contributed by atoms with van der Waals surface area (Å²) in [5.41, 5.74) is -0.427. The minimum absolute atomic E-state index is 0.427. The van der Waals surface area contributed by atoms with Crippen LogP contribution in [0, 0.1) is 11.3 Å². The summed E-state index contributed by atoms with van der Waals surface area (Å²) < 4.78 is 11.1. The number of benzene rings is 1. The third-order valence-corrected chi connectivity index (χ3v) is 3.57. The molecule has 1 aliphatic carbocycles. The molecule has 0 radical (unpaired) electrons. The standard InChI is InChI=1S/C17H24N2O2/c1-3-20-15-7-9-16(10-8-15)21-12-4-11-17(2,13-18)19-14-5-6-14/h7-10,14,19H,3-6,11-12H2,1-2H3. The van der Waals surface area contributed by atoms with E-state index in [4.69, 9.17) is 9.47 Å². The van der Waals surface area contributed by atoms with Crippen molar-refractivity contribution in [3.63, 3.8) is 0 Å². The second kappa shape index (κ2) is 7.33. The van der Waals surface area contributed by atoms with Crippen molar-refractivity contribution in [2.24, 2.45) is 0 Å². The smallest absolute Gasteiger partial charge is 0.119 e. The van der Waals surface area contributed by atoms with Crippen LogP contribution in [0.4, 0.5) is 0 Å². The highest BCUT2D eigenvalue weighted by atomic mass is 16.5. The van der Waals surface area contributed by atoms with E-state index in [2.05, 4.69) is 11.4 Å². The SMILES string of the molecule is CCOc1ccc(OCCCC(C)(C#N)NC2CC2)cc1. The Balaban J connectivity index is 1.69. The van der Waals surface area contributed by atoms with E-state index in [9.17, 15) is 5.26 Å². The third kappa shape index (κ3) is 5.28. The molecule has 1 aromatic carbocycles. The summed E-state index contributed by atoms with van der Waals surface area (Å²) in [6.07, 6.45) is 4.05. The first kappa shape index (κ1) is 15.7. The van der Waals surface area contributed by atoms with Gasteiger partial charge in [-0.1, -0.05) is 0 Å². The Labute approximate surface area is 127 Å². The zero-order chi connectivity index (χ0) is 15.1. The third-order valence-electron chi connectivity index (χ3n) is 3.57. The minimum Gasteiger partial charge on any atom is -0.494 e. The molecule has 0 bridgehead atoms. The zero-order valence-corrected chi connectivity index (χ0v) is 12.9. The molecule has 0 aromatic heterocycles. The van der Waals surface area contributed by atoms with Crippen LogP contribution in [-0.2, 0) is 0 Å². The Kier molecular flexibility index (Phi) is 5.46. The Hall–Kier alpha value is -1.73. The lowest BCUT2D eigenvalue weighted by Gasteiger charge is -2.23. The molecule has 4 heteroatoms. The molecule has 1 saturated carbocycles. The van der Waals surface area contributed by atoms with E-state index >= 15 is 0 Å². The molecule has 1 aromatic rings. The topological polar surface area (TPSA) is 54.3 Å². The fourth-order valence-electron chi connectivity index (χ4n) is 2.25. The highest BCUT2D eigenvalue weighted by molar-refractivity contribution is 5.31. The molecule has 0 amide bonds. The summed E-state index contributed by atoms with van der Waals surface area (Å²) in [5, 5.41) is 12.7. The number of hydrogen-bond donors (Lipinski definition) is 1. The van der Waals surface area contributed by atoms with Gasteiger partial charge in [-0.2, -0.15) is 5.26 Å². The zero-order valence-electron chi connectivity index (χ0n) is 12.9. The predicted octanol–water partition coefficient (Wildman–Crippen LogP) is 3.28. The van der Waals surface area contributed by atoms with Crippen molar-refractivity contribution in [1.29, 1.82) is 5.26 Å². The fraction of sp³-hybridized carbons (Fsp3) is 0.588. The van der Waals surface area contributed by atoms with Gasteiger partial charge in [-0.25, -0.2) is 0 Å². The first-order valence-corrected chi connectivity index (χ1v) is 7.70. The summed E-state index contributed by atoms with van der Waals surface area (Å²) >= 11 is 0. The van der Waals surface area contributed by atoms with Crippen molar-refractivity contribution in [2.45, 2.75) is 51.1 Å². The van der Waals surface area contributed by atoms with Gasteiger partial charge in [0.05, 0.1) is 19.3 Å². The largest absolute Gasteiger partial charge is 0.494 e. The van der Waals surface area contributed by atoms with E-state index < -0.39 is 5.54 Å². The summed E-state index contributed by atoms with van der Waals surface area (Å²) in [5.74, 6) is 1.70. The number of rotatable bonds is 9. The van der Waals surface area contributed by atoms with Crippen molar-refractivity contribution in [3.05, 3.63) is 24.3 Å². The molecule has 0 aliphatic heterocycles. The summed E-state index contributed by atoms with van der Waals surface area (Å²) in [6.45, 7) is 5.23. The number of nitrogens with zero attached hydrogens (tertiary/aromatic N) is 1. The molecule has 1 atom stereocenters. The molecular formula is C17H24N2O2. The van der Waals surface area contributed by atoms with Gasteiger partial charge in [-0.3, -0.25) is 5.32 Å². The van der Waals surface area contributed by atoms with Crippen LogP contribution in [0.3, 0.4) is 0 Å². The first-order chi connectivity index (χ1) is 10.1. The highest BCUT2D eigenvalue weighted by Gasteiger charge is 2.31. The summed E-state index contributed by atoms with van der Waals surface area (Å²) in [7, 11) is 0. The van der Waals surface area contributed by atoms with Gasteiger partial charge in [0.1, 0.15) is 17.0 Å². The lowest BCUT2D eigenvalue weighted by molar-refractivity contribution is 0.283. The second-order valence-corrected chi connectivity index (χ2v) is 5.72. The average Bonchev–Trinajstić information content (AvgIpc) is 3.29. The van der Waals surface area contributed by atoms with E-state index in [1.165, 1.54) is 12.8 Å². The molecule has 0 heterocycles. The van der Waals surface area contributed by atoms with Crippen molar-refractivity contribution in [2.75, 3.05) is 13.2 Å². The van der Waals surface area contributed by atoms with Gasteiger partial charge in [0.2, 0.25) is 0 Å². The molecule has 21 heavy (non-hydrogen) atoms. The van der Waals surface area contributed by atoms with Crippen LogP contribution >= 0.6 is 0 Å². The molecule has 0 saturated heterocycles. The molecular weight excluding hydrogens is 264 g/mol. The van der Waals surface area contributed by atoms with Gasteiger partial charge in [-0.05, 0) is 63.8 Å². The van der Waals surface area contributed by atoms with Crippen LogP contribution in [0.25, 0.3) is 0 Å². The van der Waals surface area contributed by atoms with Crippen LogP contribution in [0.2, 0.25) is 0 Å². The van der Waals surface area contributed by atoms with E-state index in [0.29, 0.717) is 19.3 Å². The molecule has 1 fully saturated rings. The van der Waals surface area contributed by atoms with Gasteiger partial charge >= 0.3 is 0 Å². The van der Waals surface area contributed by atoms with Crippen molar-refractivity contribution < 1.29 is 9.47 Å². The van der Waals surface area contributed by atoms with Crippen LogP contribution in [0.5, 0.6) is 11.5 Å². The van der Waals surface area contributed by atoms with Crippen LogP contribution < -0.4 is 14.8 Å². The first-order valence-electron chi connectivity index (χ1n) is 7.70. The Morgan fingerprint density at radius 3 is 2.38 bits per heavy atom. The maximum absolute atomic E-state index is 9.29. The van der Waals surface area contributed by atoms with Crippen molar-refractivity contribution in [3.8, 4) is 17.6 Å². The lowest BCUT2D eigenvalue weighted by atomic mass is 9.98. The maximum atomic E-state index is 9.29. The number of hydrogen-bond acceptors (Lipinski definition) is 4. The molecule has 1 aliphatic rings. The number of nitrogens with one attached hydrogen (secondary N) is 1. The lowest BCUT2D eigenvalue weighted by Crippen LogP contribution is -2.42. The molecule has 4 nitrogen and oxygen atoms in total. The maximum Gasteiger partial charge on any atom is 0.119 e. The van der Waals surface area contributed by atoms with Crippen LogP contribution in [-0.4, -0.2) is 24.8 Å². The van der Waals surface area contributed by atoms with Crippen molar-refractivity contribution >= 4 is 0 Å². The monoisotopic (exact) mass is 288 g/mol. The van der Waals surface area contributed by atoms with E-state index in [1.807, 2.05) is 38.1 Å².